The number of rotatable bonds is 2. The van der Waals surface area contributed by atoms with Crippen LogP contribution in [0.2, 0.25) is 5.02 Å². The minimum atomic E-state index is -0.956. The van der Waals surface area contributed by atoms with Crippen LogP contribution in [0.25, 0.3) is 0 Å². The number of carbonyl (C=O) groups is 1. The van der Waals surface area contributed by atoms with Crippen molar-refractivity contribution in [3.63, 3.8) is 0 Å². The van der Waals surface area contributed by atoms with E-state index in [9.17, 15) is 13.6 Å². The molecule has 0 saturated heterocycles. The molecule has 0 N–H and O–H groups in total. The minimum absolute atomic E-state index is 0.248. The summed E-state index contributed by atoms with van der Waals surface area (Å²) in [4.78, 5) is 11.8. The van der Waals surface area contributed by atoms with Crippen LogP contribution in [0.3, 0.4) is 0 Å². The van der Waals surface area contributed by atoms with Crippen LogP contribution < -0.4 is 4.74 Å². The first-order valence-electron chi connectivity index (χ1n) is 5.41. The Labute approximate surface area is 113 Å². The highest BCUT2D eigenvalue weighted by Gasteiger charge is 2.16. The van der Waals surface area contributed by atoms with Crippen molar-refractivity contribution in [2.45, 2.75) is 6.92 Å². The zero-order chi connectivity index (χ0) is 14.0. The maximum atomic E-state index is 13.4. The van der Waals surface area contributed by atoms with Gasteiger partial charge in [0.1, 0.15) is 17.4 Å². The summed E-state index contributed by atoms with van der Waals surface area (Å²) in [5.74, 6) is -2.25. The predicted octanol–water partition coefficient (Wildman–Crippen LogP) is 4.15. The lowest BCUT2D eigenvalue weighted by Crippen LogP contribution is -2.11. The fourth-order valence-electron chi connectivity index (χ4n) is 1.54. The Balaban J connectivity index is 2.28. The van der Waals surface area contributed by atoms with Crippen molar-refractivity contribution < 1.29 is 18.3 Å². The molecule has 98 valence electrons. The molecule has 0 atom stereocenters. The molecule has 0 aliphatic heterocycles. The number of benzene rings is 2. The molecule has 0 bridgehead atoms. The van der Waals surface area contributed by atoms with Crippen molar-refractivity contribution in [1.29, 1.82) is 0 Å². The van der Waals surface area contributed by atoms with E-state index in [4.69, 9.17) is 16.3 Å². The summed E-state index contributed by atoms with van der Waals surface area (Å²) in [6.07, 6.45) is 0. The van der Waals surface area contributed by atoms with E-state index in [1.54, 1.807) is 19.1 Å². The standard InChI is InChI=1S/C14H9ClF2O2/c1-8-6-9(15)2-5-13(8)19-14(18)11-7-10(16)3-4-12(11)17/h2-7H,1H3. The van der Waals surface area contributed by atoms with Gasteiger partial charge < -0.3 is 4.74 Å². The van der Waals surface area contributed by atoms with Gasteiger partial charge in [-0.3, -0.25) is 0 Å². The van der Waals surface area contributed by atoms with Crippen molar-refractivity contribution in [2.75, 3.05) is 0 Å². The number of aryl methyl sites for hydroxylation is 1. The summed E-state index contributed by atoms with van der Waals surface area (Å²) >= 11 is 5.77. The van der Waals surface area contributed by atoms with Crippen LogP contribution in [0.4, 0.5) is 8.78 Å². The molecule has 0 heterocycles. The highest BCUT2D eigenvalue weighted by molar-refractivity contribution is 6.30. The first-order chi connectivity index (χ1) is 8.97. The van der Waals surface area contributed by atoms with Crippen molar-refractivity contribution >= 4 is 17.6 Å². The Morgan fingerprint density at radius 1 is 1.16 bits per heavy atom. The lowest BCUT2D eigenvalue weighted by molar-refractivity contribution is 0.0728. The lowest BCUT2D eigenvalue weighted by atomic mass is 10.2. The van der Waals surface area contributed by atoms with Gasteiger partial charge in [0, 0.05) is 5.02 Å². The van der Waals surface area contributed by atoms with E-state index >= 15 is 0 Å². The summed E-state index contributed by atoms with van der Waals surface area (Å²) in [5.41, 5.74) is 0.173. The average Bonchev–Trinajstić information content (AvgIpc) is 2.35. The molecule has 2 rings (SSSR count). The summed E-state index contributed by atoms with van der Waals surface area (Å²) in [7, 11) is 0. The summed E-state index contributed by atoms with van der Waals surface area (Å²) < 4.78 is 31.4. The molecule has 0 fully saturated rings. The number of carbonyl (C=O) groups excluding carboxylic acids is 1. The highest BCUT2D eigenvalue weighted by atomic mass is 35.5. The van der Waals surface area contributed by atoms with Gasteiger partial charge in [-0.1, -0.05) is 11.6 Å². The SMILES string of the molecule is Cc1cc(Cl)ccc1OC(=O)c1cc(F)ccc1F. The molecule has 2 aromatic rings. The number of ether oxygens (including phenoxy) is 1. The number of hydrogen-bond donors (Lipinski definition) is 0. The van der Waals surface area contributed by atoms with Crippen LogP contribution in [-0.2, 0) is 0 Å². The second kappa shape index (κ2) is 5.36. The van der Waals surface area contributed by atoms with Gasteiger partial charge in [-0.2, -0.15) is 0 Å². The molecular weight excluding hydrogens is 274 g/mol. The van der Waals surface area contributed by atoms with Crippen molar-refractivity contribution in [2.24, 2.45) is 0 Å². The van der Waals surface area contributed by atoms with Gasteiger partial charge in [-0.25, -0.2) is 13.6 Å². The number of hydrogen-bond acceptors (Lipinski definition) is 2. The molecule has 0 radical (unpaired) electrons. The van der Waals surface area contributed by atoms with Gasteiger partial charge in [-0.05, 0) is 48.9 Å². The third-order valence-electron chi connectivity index (χ3n) is 2.49. The highest BCUT2D eigenvalue weighted by Crippen LogP contribution is 2.23. The summed E-state index contributed by atoms with van der Waals surface area (Å²) in [6, 6.07) is 7.24. The Hall–Kier alpha value is -1.94. The predicted molar refractivity (Wildman–Crippen MR) is 67.5 cm³/mol. The van der Waals surface area contributed by atoms with E-state index in [1.165, 1.54) is 6.07 Å². The van der Waals surface area contributed by atoms with Crippen molar-refractivity contribution in [3.8, 4) is 5.75 Å². The van der Waals surface area contributed by atoms with Gasteiger partial charge in [0.05, 0.1) is 5.56 Å². The molecule has 0 unspecified atom stereocenters. The molecule has 0 aliphatic carbocycles. The molecule has 0 spiro atoms. The molecule has 0 saturated carbocycles. The molecule has 2 nitrogen and oxygen atoms in total. The van der Waals surface area contributed by atoms with Crippen LogP contribution in [0.15, 0.2) is 36.4 Å². The zero-order valence-corrected chi connectivity index (χ0v) is 10.7. The third-order valence-corrected chi connectivity index (χ3v) is 2.72. The normalized spacial score (nSPS) is 10.3. The fraction of sp³-hybridized carbons (Fsp3) is 0.0714. The summed E-state index contributed by atoms with van der Waals surface area (Å²) in [6.45, 7) is 1.69. The molecule has 0 aliphatic rings. The minimum Gasteiger partial charge on any atom is -0.423 e. The van der Waals surface area contributed by atoms with Gasteiger partial charge in [0.2, 0.25) is 0 Å². The van der Waals surface area contributed by atoms with Crippen LogP contribution in [-0.4, -0.2) is 5.97 Å². The average molecular weight is 283 g/mol. The molecular formula is C14H9ClF2O2. The smallest absolute Gasteiger partial charge is 0.346 e. The molecule has 0 amide bonds. The van der Waals surface area contributed by atoms with Gasteiger partial charge in [-0.15, -0.1) is 0 Å². The molecule has 5 heteroatoms. The molecule has 2 aromatic carbocycles. The van der Waals surface area contributed by atoms with Gasteiger partial charge >= 0.3 is 5.97 Å². The Kier molecular flexibility index (Phi) is 3.81. The Bertz CT molecular complexity index is 641. The van der Waals surface area contributed by atoms with Crippen molar-refractivity contribution in [3.05, 3.63) is 64.2 Å². The van der Waals surface area contributed by atoms with E-state index in [0.717, 1.165) is 18.2 Å². The second-order valence-corrected chi connectivity index (χ2v) is 4.36. The number of halogens is 3. The largest absolute Gasteiger partial charge is 0.423 e. The van der Waals surface area contributed by atoms with Crippen LogP contribution in [0, 0.1) is 18.6 Å². The van der Waals surface area contributed by atoms with Gasteiger partial charge in [0.25, 0.3) is 0 Å². The first kappa shape index (κ1) is 13.5. The van der Waals surface area contributed by atoms with E-state index in [1.807, 2.05) is 0 Å². The maximum absolute atomic E-state index is 13.4. The van der Waals surface area contributed by atoms with Crippen molar-refractivity contribution in [1.82, 2.24) is 0 Å². The van der Waals surface area contributed by atoms with Crippen LogP contribution >= 0.6 is 11.6 Å². The first-order valence-corrected chi connectivity index (χ1v) is 5.78. The van der Waals surface area contributed by atoms with Gasteiger partial charge in [0.15, 0.2) is 0 Å². The second-order valence-electron chi connectivity index (χ2n) is 3.92. The zero-order valence-electron chi connectivity index (χ0n) is 9.91. The maximum Gasteiger partial charge on any atom is 0.346 e. The van der Waals surface area contributed by atoms with E-state index < -0.39 is 23.2 Å². The Morgan fingerprint density at radius 2 is 1.89 bits per heavy atom. The topological polar surface area (TPSA) is 26.3 Å². The molecule has 19 heavy (non-hydrogen) atoms. The lowest BCUT2D eigenvalue weighted by Gasteiger charge is -2.08. The van der Waals surface area contributed by atoms with E-state index in [-0.39, 0.29) is 5.75 Å². The van der Waals surface area contributed by atoms with Crippen LogP contribution in [0.1, 0.15) is 15.9 Å². The number of esters is 1. The summed E-state index contributed by atoms with van der Waals surface area (Å²) in [5, 5.41) is 0.495. The quantitative estimate of drug-likeness (QED) is 0.611. The van der Waals surface area contributed by atoms with E-state index in [2.05, 4.69) is 0 Å². The fourth-order valence-corrected chi connectivity index (χ4v) is 1.76. The van der Waals surface area contributed by atoms with Crippen LogP contribution in [0.5, 0.6) is 5.75 Å². The Morgan fingerprint density at radius 3 is 2.58 bits per heavy atom. The third kappa shape index (κ3) is 3.09. The molecule has 0 aromatic heterocycles. The monoisotopic (exact) mass is 282 g/mol. The van der Waals surface area contributed by atoms with E-state index in [0.29, 0.717) is 10.6 Å².